The molecule has 1 amide bonds. The zero-order valence-corrected chi connectivity index (χ0v) is 15.3. The number of amides is 1. The Labute approximate surface area is 152 Å². The third-order valence-corrected chi connectivity index (χ3v) is 6.29. The Morgan fingerprint density at radius 1 is 1.32 bits per heavy atom. The molecule has 0 radical (unpaired) electrons. The van der Waals surface area contributed by atoms with Gasteiger partial charge in [-0.25, -0.2) is 14.4 Å². The van der Waals surface area contributed by atoms with Crippen molar-refractivity contribution in [2.45, 2.75) is 31.2 Å². The first-order valence-corrected chi connectivity index (χ1v) is 9.88. The SMILES string of the molecule is Cc1nc(SCC(=O)Nc2ccccc2F)c2c3c(sc2n1)CCC3. The van der Waals surface area contributed by atoms with E-state index in [-0.39, 0.29) is 17.3 Å². The van der Waals surface area contributed by atoms with E-state index in [1.165, 1.54) is 34.7 Å². The Morgan fingerprint density at radius 2 is 2.16 bits per heavy atom. The number of benzene rings is 1. The summed E-state index contributed by atoms with van der Waals surface area (Å²) in [5, 5.41) is 4.57. The zero-order valence-electron chi connectivity index (χ0n) is 13.6. The molecule has 7 heteroatoms. The summed E-state index contributed by atoms with van der Waals surface area (Å²) in [6.45, 7) is 1.87. The Morgan fingerprint density at radius 3 is 3.00 bits per heavy atom. The number of hydrogen-bond acceptors (Lipinski definition) is 5. The minimum atomic E-state index is -0.434. The van der Waals surface area contributed by atoms with Gasteiger partial charge in [-0.15, -0.1) is 11.3 Å². The van der Waals surface area contributed by atoms with Crippen LogP contribution in [-0.2, 0) is 17.6 Å². The molecule has 0 fully saturated rings. The van der Waals surface area contributed by atoms with Crippen molar-refractivity contribution in [2.24, 2.45) is 0 Å². The monoisotopic (exact) mass is 373 g/mol. The molecule has 1 aliphatic carbocycles. The third kappa shape index (κ3) is 3.26. The molecular weight excluding hydrogens is 357 g/mol. The summed E-state index contributed by atoms with van der Waals surface area (Å²) in [5.74, 6) is 0.220. The van der Waals surface area contributed by atoms with Gasteiger partial charge in [-0.1, -0.05) is 23.9 Å². The summed E-state index contributed by atoms with van der Waals surface area (Å²) in [5.41, 5.74) is 1.55. The molecule has 0 aliphatic heterocycles. The molecule has 0 spiro atoms. The van der Waals surface area contributed by atoms with Crippen LogP contribution in [0.3, 0.4) is 0 Å². The second-order valence-electron chi connectivity index (χ2n) is 5.93. The number of rotatable bonds is 4. The summed E-state index contributed by atoms with van der Waals surface area (Å²) in [6, 6.07) is 6.17. The van der Waals surface area contributed by atoms with Gasteiger partial charge >= 0.3 is 0 Å². The van der Waals surface area contributed by atoms with Crippen LogP contribution in [0.2, 0.25) is 0 Å². The number of para-hydroxylation sites is 1. The number of aryl methyl sites for hydroxylation is 3. The second-order valence-corrected chi connectivity index (χ2v) is 7.98. The normalized spacial score (nSPS) is 13.2. The fraction of sp³-hybridized carbons (Fsp3) is 0.278. The molecule has 4 nitrogen and oxygen atoms in total. The zero-order chi connectivity index (χ0) is 17.4. The molecule has 0 saturated heterocycles. The minimum Gasteiger partial charge on any atom is -0.323 e. The van der Waals surface area contributed by atoms with Crippen molar-refractivity contribution < 1.29 is 9.18 Å². The van der Waals surface area contributed by atoms with Crippen LogP contribution in [0.4, 0.5) is 10.1 Å². The number of nitrogens with one attached hydrogen (secondary N) is 1. The lowest BCUT2D eigenvalue weighted by molar-refractivity contribution is -0.113. The summed E-state index contributed by atoms with van der Waals surface area (Å²) in [4.78, 5) is 23.7. The lowest BCUT2D eigenvalue weighted by atomic mass is 10.2. The fourth-order valence-corrected chi connectivity index (χ4v) is 5.32. The van der Waals surface area contributed by atoms with Crippen molar-refractivity contribution in [3.05, 3.63) is 46.3 Å². The van der Waals surface area contributed by atoms with Crippen LogP contribution < -0.4 is 5.32 Å². The van der Waals surface area contributed by atoms with E-state index in [1.807, 2.05) is 6.92 Å². The molecule has 1 aliphatic rings. The lowest BCUT2D eigenvalue weighted by Crippen LogP contribution is -2.15. The van der Waals surface area contributed by atoms with E-state index < -0.39 is 5.82 Å². The largest absolute Gasteiger partial charge is 0.323 e. The topological polar surface area (TPSA) is 54.9 Å². The predicted molar refractivity (Wildman–Crippen MR) is 99.9 cm³/mol. The van der Waals surface area contributed by atoms with E-state index in [0.29, 0.717) is 5.82 Å². The first kappa shape index (κ1) is 16.5. The van der Waals surface area contributed by atoms with Gasteiger partial charge in [0.1, 0.15) is 21.5 Å². The van der Waals surface area contributed by atoms with Crippen LogP contribution in [0.1, 0.15) is 22.7 Å². The Hall–Kier alpha value is -1.99. The summed E-state index contributed by atoms with van der Waals surface area (Å²) >= 11 is 3.13. The van der Waals surface area contributed by atoms with E-state index in [4.69, 9.17) is 0 Å². The number of carbonyl (C=O) groups excluding carboxylic acids is 1. The number of thiophene rings is 1. The van der Waals surface area contributed by atoms with Crippen molar-refractivity contribution in [1.29, 1.82) is 0 Å². The minimum absolute atomic E-state index is 0.185. The Kier molecular flexibility index (Phi) is 4.43. The first-order chi connectivity index (χ1) is 12.1. The molecule has 2 aromatic heterocycles. The highest BCUT2D eigenvalue weighted by atomic mass is 32.2. The van der Waals surface area contributed by atoms with Crippen molar-refractivity contribution in [3.8, 4) is 0 Å². The molecular formula is C18H16FN3OS2. The molecule has 1 aromatic carbocycles. The lowest BCUT2D eigenvalue weighted by Gasteiger charge is -2.07. The molecule has 4 rings (SSSR count). The van der Waals surface area contributed by atoms with E-state index in [9.17, 15) is 9.18 Å². The van der Waals surface area contributed by atoms with Crippen LogP contribution in [0.15, 0.2) is 29.3 Å². The molecule has 1 N–H and O–H groups in total. The molecule has 0 bridgehead atoms. The summed E-state index contributed by atoms with van der Waals surface area (Å²) < 4.78 is 13.6. The highest BCUT2D eigenvalue weighted by molar-refractivity contribution is 8.00. The maximum Gasteiger partial charge on any atom is 0.234 e. The van der Waals surface area contributed by atoms with Crippen molar-refractivity contribution in [3.63, 3.8) is 0 Å². The first-order valence-electron chi connectivity index (χ1n) is 8.08. The van der Waals surface area contributed by atoms with Gasteiger partial charge in [-0.3, -0.25) is 4.79 Å². The highest BCUT2D eigenvalue weighted by Crippen LogP contribution is 2.40. The van der Waals surface area contributed by atoms with Gasteiger partial charge in [0.05, 0.1) is 11.4 Å². The standard InChI is InChI=1S/C18H16FN3OS2/c1-10-20-17(16-11-5-4-8-14(11)25-18(16)21-10)24-9-15(23)22-13-7-3-2-6-12(13)19/h2-3,6-7H,4-5,8-9H2,1H3,(H,22,23). The smallest absolute Gasteiger partial charge is 0.234 e. The van der Waals surface area contributed by atoms with Crippen molar-refractivity contribution >= 4 is 44.9 Å². The molecule has 0 saturated carbocycles. The number of thioether (sulfide) groups is 1. The van der Waals surface area contributed by atoms with Crippen LogP contribution in [-0.4, -0.2) is 21.6 Å². The molecule has 0 atom stereocenters. The van der Waals surface area contributed by atoms with Gasteiger partial charge in [-0.05, 0) is 43.9 Å². The van der Waals surface area contributed by atoms with Gasteiger partial charge < -0.3 is 5.32 Å². The quantitative estimate of drug-likeness (QED) is 0.545. The molecule has 3 aromatic rings. The molecule has 2 heterocycles. The van der Waals surface area contributed by atoms with E-state index in [1.54, 1.807) is 29.5 Å². The maximum atomic E-state index is 13.6. The van der Waals surface area contributed by atoms with Gasteiger partial charge in [0.15, 0.2) is 0 Å². The van der Waals surface area contributed by atoms with E-state index in [2.05, 4.69) is 15.3 Å². The van der Waals surface area contributed by atoms with Gasteiger partial charge in [0.2, 0.25) is 5.91 Å². The van der Waals surface area contributed by atoms with E-state index >= 15 is 0 Å². The van der Waals surface area contributed by atoms with Crippen LogP contribution in [0.25, 0.3) is 10.2 Å². The van der Waals surface area contributed by atoms with Crippen LogP contribution >= 0.6 is 23.1 Å². The number of fused-ring (bicyclic) bond motifs is 3. The molecule has 25 heavy (non-hydrogen) atoms. The fourth-order valence-electron chi connectivity index (χ4n) is 3.05. The number of carbonyl (C=O) groups is 1. The van der Waals surface area contributed by atoms with Gasteiger partial charge in [-0.2, -0.15) is 0 Å². The van der Waals surface area contributed by atoms with Gasteiger partial charge in [0, 0.05) is 10.3 Å². The van der Waals surface area contributed by atoms with Crippen molar-refractivity contribution in [1.82, 2.24) is 9.97 Å². The number of anilines is 1. The second kappa shape index (κ2) is 6.72. The van der Waals surface area contributed by atoms with E-state index in [0.717, 1.165) is 28.1 Å². The van der Waals surface area contributed by atoms with Crippen LogP contribution in [0, 0.1) is 12.7 Å². The molecule has 0 unspecified atom stereocenters. The predicted octanol–water partition coefficient (Wildman–Crippen LogP) is 4.36. The average molecular weight is 373 g/mol. The van der Waals surface area contributed by atoms with Crippen molar-refractivity contribution in [2.75, 3.05) is 11.1 Å². The summed E-state index contributed by atoms with van der Waals surface area (Å²) in [7, 11) is 0. The van der Waals surface area contributed by atoms with Crippen LogP contribution in [0.5, 0.6) is 0 Å². The Bertz CT molecular complexity index is 970. The number of halogens is 1. The molecule has 128 valence electrons. The summed E-state index contributed by atoms with van der Waals surface area (Å²) in [6.07, 6.45) is 3.33. The average Bonchev–Trinajstić information content (AvgIpc) is 3.15. The highest BCUT2D eigenvalue weighted by Gasteiger charge is 2.22. The third-order valence-electron chi connectivity index (χ3n) is 4.13. The Balaban J connectivity index is 1.55. The van der Waals surface area contributed by atoms with Gasteiger partial charge in [0.25, 0.3) is 0 Å². The number of aromatic nitrogens is 2. The number of nitrogens with zero attached hydrogens (tertiary/aromatic N) is 2. The maximum absolute atomic E-state index is 13.6. The number of hydrogen-bond donors (Lipinski definition) is 1.